The summed E-state index contributed by atoms with van der Waals surface area (Å²) in [6, 6.07) is 1.57. The van der Waals surface area contributed by atoms with Gasteiger partial charge in [0.1, 0.15) is 0 Å². The first-order valence-corrected chi connectivity index (χ1v) is 8.82. The zero-order chi connectivity index (χ0) is 15.5. The van der Waals surface area contributed by atoms with E-state index >= 15 is 0 Å². The molecule has 122 valence electrons. The van der Waals surface area contributed by atoms with Gasteiger partial charge in [-0.25, -0.2) is 0 Å². The SMILES string of the molecule is CCCCCN(C(C)C)C1CCC(NC2CC2)(C(N)=O)C1. The van der Waals surface area contributed by atoms with E-state index in [1.165, 1.54) is 32.1 Å². The molecule has 0 aliphatic heterocycles. The Kier molecular flexibility index (Phi) is 5.67. The number of carbonyl (C=O) groups is 1. The van der Waals surface area contributed by atoms with Gasteiger partial charge in [0.25, 0.3) is 0 Å². The van der Waals surface area contributed by atoms with Gasteiger partial charge in [0.2, 0.25) is 5.91 Å². The van der Waals surface area contributed by atoms with Crippen molar-refractivity contribution in [2.45, 2.75) is 95.8 Å². The van der Waals surface area contributed by atoms with E-state index in [0.29, 0.717) is 18.1 Å². The van der Waals surface area contributed by atoms with Crippen molar-refractivity contribution in [3.63, 3.8) is 0 Å². The Morgan fingerprint density at radius 1 is 1.33 bits per heavy atom. The van der Waals surface area contributed by atoms with E-state index in [1.54, 1.807) is 0 Å². The fourth-order valence-corrected chi connectivity index (χ4v) is 3.75. The summed E-state index contributed by atoms with van der Waals surface area (Å²) >= 11 is 0. The predicted molar refractivity (Wildman–Crippen MR) is 87.1 cm³/mol. The molecule has 2 rings (SSSR count). The van der Waals surface area contributed by atoms with Gasteiger partial charge in [0.15, 0.2) is 0 Å². The molecule has 0 radical (unpaired) electrons. The van der Waals surface area contributed by atoms with Crippen LogP contribution >= 0.6 is 0 Å². The summed E-state index contributed by atoms with van der Waals surface area (Å²) in [7, 11) is 0. The van der Waals surface area contributed by atoms with Gasteiger partial charge < -0.3 is 11.1 Å². The minimum Gasteiger partial charge on any atom is -0.368 e. The average Bonchev–Trinajstić information content (AvgIpc) is 3.12. The molecule has 2 aliphatic rings. The van der Waals surface area contributed by atoms with Crippen molar-refractivity contribution in [1.29, 1.82) is 0 Å². The summed E-state index contributed by atoms with van der Waals surface area (Å²) in [5.41, 5.74) is 5.31. The van der Waals surface area contributed by atoms with Crippen molar-refractivity contribution in [2.75, 3.05) is 6.54 Å². The molecule has 0 aromatic rings. The monoisotopic (exact) mass is 295 g/mol. The molecule has 2 fully saturated rings. The zero-order valence-corrected chi connectivity index (χ0v) is 14.0. The smallest absolute Gasteiger partial charge is 0.237 e. The van der Waals surface area contributed by atoms with Crippen molar-refractivity contribution >= 4 is 5.91 Å². The Morgan fingerprint density at radius 2 is 2.05 bits per heavy atom. The van der Waals surface area contributed by atoms with Crippen LogP contribution in [0.2, 0.25) is 0 Å². The lowest BCUT2D eigenvalue weighted by atomic mass is 9.95. The summed E-state index contributed by atoms with van der Waals surface area (Å²) in [4.78, 5) is 14.6. The number of primary amides is 1. The van der Waals surface area contributed by atoms with Gasteiger partial charge in [0.05, 0.1) is 5.54 Å². The van der Waals surface area contributed by atoms with Crippen molar-refractivity contribution in [1.82, 2.24) is 10.2 Å². The van der Waals surface area contributed by atoms with Gasteiger partial charge in [-0.1, -0.05) is 19.8 Å². The molecule has 0 bridgehead atoms. The molecule has 0 saturated heterocycles. The highest BCUT2D eigenvalue weighted by Crippen LogP contribution is 2.37. The van der Waals surface area contributed by atoms with Crippen LogP contribution in [0.15, 0.2) is 0 Å². The van der Waals surface area contributed by atoms with E-state index in [4.69, 9.17) is 5.73 Å². The van der Waals surface area contributed by atoms with E-state index in [0.717, 1.165) is 25.8 Å². The van der Waals surface area contributed by atoms with Gasteiger partial charge in [-0.15, -0.1) is 0 Å². The molecule has 0 spiro atoms. The van der Waals surface area contributed by atoms with Crippen LogP contribution in [0.3, 0.4) is 0 Å². The van der Waals surface area contributed by atoms with E-state index < -0.39 is 5.54 Å². The first-order valence-electron chi connectivity index (χ1n) is 8.82. The normalized spacial score (nSPS) is 29.5. The zero-order valence-electron chi connectivity index (χ0n) is 14.0. The van der Waals surface area contributed by atoms with Gasteiger partial charge in [-0.2, -0.15) is 0 Å². The number of nitrogens with two attached hydrogens (primary N) is 1. The van der Waals surface area contributed by atoms with Crippen molar-refractivity contribution in [3.05, 3.63) is 0 Å². The van der Waals surface area contributed by atoms with Gasteiger partial charge >= 0.3 is 0 Å². The van der Waals surface area contributed by atoms with Crippen LogP contribution in [0.4, 0.5) is 0 Å². The van der Waals surface area contributed by atoms with Crippen molar-refractivity contribution in [3.8, 4) is 0 Å². The Labute approximate surface area is 129 Å². The first-order chi connectivity index (χ1) is 9.98. The Morgan fingerprint density at radius 3 is 2.57 bits per heavy atom. The summed E-state index contributed by atoms with van der Waals surface area (Å²) in [6.07, 6.45) is 9.08. The van der Waals surface area contributed by atoms with Gasteiger partial charge in [-0.3, -0.25) is 9.69 Å². The highest BCUT2D eigenvalue weighted by molar-refractivity contribution is 5.85. The third-order valence-corrected chi connectivity index (χ3v) is 5.17. The molecule has 2 saturated carbocycles. The van der Waals surface area contributed by atoms with E-state index in [2.05, 4.69) is 31.0 Å². The first kappa shape index (κ1) is 16.8. The van der Waals surface area contributed by atoms with Crippen LogP contribution in [0, 0.1) is 0 Å². The largest absolute Gasteiger partial charge is 0.368 e. The molecule has 0 aromatic heterocycles. The second-order valence-corrected chi connectivity index (χ2v) is 7.30. The van der Waals surface area contributed by atoms with Crippen LogP contribution in [-0.4, -0.2) is 41.0 Å². The fourth-order valence-electron chi connectivity index (χ4n) is 3.75. The molecule has 4 heteroatoms. The molecule has 0 aromatic carbocycles. The topological polar surface area (TPSA) is 58.4 Å². The quantitative estimate of drug-likeness (QED) is 0.642. The lowest BCUT2D eigenvalue weighted by molar-refractivity contribution is -0.124. The molecule has 1 amide bonds. The molecular weight excluding hydrogens is 262 g/mol. The number of unbranched alkanes of at least 4 members (excludes halogenated alkanes) is 2. The maximum atomic E-state index is 12.0. The number of amides is 1. The van der Waals surface area contributed by atoms with Crippen LogP contribution in [0.25, 0.3) is 0 Å². The molecule has 2 atom stereocenters. The van der Waals surface area contributed by atoms with E-state index in [9.17, 15) is 4.79 Å². The molecule has 4 nitrogen and oxygen atoms in total. The van der Waals surface area contributed by atoms with Crippen LogP contribution in [0.1, 0.15) is 72.1 Å². The lowest BCUT2D eigenvalue weighted by Crippen LogP contribution is -2.55. The summed E-state index contributed by atoms with van der Waals surface area (Å²) in [6.45, 7) is 7.93. The number of nitrogens with zero attached hydrogens (tertiary/aromatic N) is 1. The minimum atomic E-state index is -0.441. The van der Waals surface area contributed by atoms with E-state index in [-0.39, 0.29) is 5.91 Å². The molecule has 0 heterocycles. The number of rotatable bonds is 9. The Balaban J connectivity index is 1.97. The predicted octanol–water partition coefficient (Wildman–Crippen LogP) is 2.42. The molecule has 2 unspecified atom stereocenters. The molecular formula is C17H33N3O. The highest BCUT2D eigenvalue weighted by Gasteiger charge is 2.48. The standard InChI is InChI=1S/C17H33N3O/c1-4-5-6-11-20(13(2)3)15-9-10-17(12-15,16(18)21)19-14-7-8-14/h13-15,19H,4-12H2,1-3H3,(H2,18,21). The average molecular weight is 295 g/mol. The Bertz CT molecular complexity index is 354. The maximum Gasteiger partial charge on any atom is 0.237 e. The van der Waals surface area contributed by atoms with Gasteiger partial charge in [-0.05, 0) is 58.9 Å². The van der Waals surface area contributed by atoms with Crippen molar-refractivity contribution in [2.24, 2.45) is 5.73 Å². The number of nitrogens with one attached hydrogen (secondary N) is 1. The second-order valence-electron chi connectivity index (χ2n) is 7.30. The minimum absolute atomic E-state index is 0.144. The number of carbonyl (C=O) groups excluding carboxylic acids is 1. The second kappa shape index (κ2) is 7.10. The summed E-state index contributed by atoms with van der Waals surface area (Å²) < 4.78 is 0. The van der Waals surface area contributed by atoms with Crippen LogP contribution in [-0.2, 0) is 4.79 Å². The van der Waals surface area contributed by atoms with Crippen LogP contribution < -0.4 is 11.1 Å². The molecule has 21 heavy (non-hydrogen) atoms. The number of hydrogen-bond acceptors (Lipinski definition) is 3. The van der Waals surface area contributed by atoms with Crippen molar-refractivity contribution < 1.29 is 4.79 Å². The third kappa shape index (κ3) is 4.19. The Hall–Kier alpha value is -0.610. The maximum absolute atomic E-state index is 12.0. The number of hydrogen-bond donors (Lipinski definition) is 2. The highest BCUT2D eigenvalue weighted by atomic mass is 16.1. The lowest BCUT2D eigenvalue weighted by Gasteiger charge is -2.34. The third-order valence-electron chi connectivity index (χ3n) is 5.17. The molecule has 2 aliphatic carbocycles. The van der Waals surface area contributed by atoms with Gasteiger partial charge in [0, 0.05) is 18.1 Å². The summed E-state index contributed by atoms with van der Waals surface area (Å²) in [5, 5.41) is 3.56. The molecule has 3 N–H and O–H groups in total. The van der Waals surface area contributed by atoms with E-state index in [1.807, 2.05) is 0 Å². The summed E-state index contributed by atoms with van der Waals surface area (Å²) in [5.74, 6) is -0.144. The van der Waals surface area contributed by atoms with Crippen LogP contribution in [0.5, 0.6) is 0 Å². The fraction of sp³-hybridized carbons (Fsp3) is 0.941.